The maximum absolute atomic E-state index is 14.1. The first-order valence-corrected chi connectivity index (χ1v) is 6.43. The molecule has 0 bridgehead atoms. The third kappa shape index (κ3) is 1.84. The lowest BCUT2D eigenvalue weighted by Gasteiger charge is -2.25. The highest BCUT2D eigenvalue weighted by molar-refractivity contribution is 5.32. The van der Waals surface area contributed by atoms with Crippen molar-refractivity contribution >= 4 is 0 Å². The zero-order valence-electron chi connectivity index (χ0n) is 10.4. The highest BCUT2D eigenvalue weighted by Gasteiger charge is 2.45. The number of rotatable bonds is 2. The molecule has 98 valence electrons. The molecule has 2 fully saturated rings. The SMILES string of the molecule is Cc1ccc(F)c(C2(O)CCN(C3CC3)C2)c1F. The molecule has 0 amide bonds. The fourth-order valence-electron chi connectivity index (χ4n) is 2.86. The van der Waals surface area contributed by atoms with Crippen molar-refractivity contribution in [1.82, 2.24) is 4.90 Å². The van der Waals surface area contributed by atoms with Gasteiger partial charge in [0, 0.05) is 19.1 Å². The Morgan fingerprint density at radius 2 is 2.06 bits per heavy atom. The number of hydrogen-bond donors (Lipinski definition) is 1. The Morgan fingerprint density at radius 1 is 1.33 bits per heavy atom. The number of aryl methyl sites for hydroxylation is 1. The number of nitrogens with zero attached hydrogens (tertiary/aromatic N) is 1. The Labute approximate surface area is 105 Å². The van der Waals surface area contributed by atoms with Crippen molar-refractivity contribution in [2.75, 3.05) is 13.1 Å². The predicted molar refractivity (Wildman–Crippen MR) is 64.2 cm³/mol. The first kappa shape index (κ1) is 12.1. The van der Waals surface area contributed by atoms with Gasteiger partial charge in [-0.3, -0.25) is 4.90 Å². The summed E-state index contributed by atoms with van der Waals surface area (Å²) in [7, 11) is 0. The lowest BCUT2D eigenvalue weighted by molar-refractivity contribution is 0.0377. The fraction of sp³-hybridized carbons (Fsp3) is 0.571. The van der Waals surface area contributed by atoms with Gasteiger partial charge in [0.2, 0.25) is 0 Å². The van der Waals surface area contributed by atoms with Crippen LogP contribution in [0.4, 0.5) is 8.78 Å². The van der Waals surface area contributed by atoms with Gasteiger partial charge in [-0.25, -0.2) is 8.78 Å². The van der Waals surface area contributed by atoms with Crippen LogP contribution in [0.1, 0.15) is 30.4 Å². The summed E-state index contributed by atoms with van der Waals surface area (Å²) in [6.45, 7) is 2.65. The second kappa shape index (κ2) is 4.00. The van der Waals surface area contributed by atoms with Crippen LogP contribution in [-0.4, -0.2) is 29.1 Å². The van der Waals surface area contributed by atoms with Gasteiger partial charge in [0.25, 0.3) is 0 Å². The van der Waals surface area contributed by atoms with E-state index in [1.807, 2.05) is 0 Å². The van der Waals surface area contributed by atoms with E-state index in [-0.39, 0.29) is 5.56 Å². The van der Waals surface area contributed by atoms with Crippen molar-refractivity contribution in [3.8, 4) is 0 Å². The molecule has 3 rings (SSSR count). The Bertz CT molecular complexity index is 487. The van der Waals surface area contributed by atoms with Gasteiger partial charge in [0.15, 0.2) is 0 Å². The van der Waals surface area contributed by atoms with Gasteiger partial charge in [0.1, 0.15) is 17.2 Å². The van der Waals surface area contributed by atoms with Crippen LogP contribution in [0, 0.1) is 18.6 Å². The van der Waals surface area contributed by atoms with Gasteiger partial charge < -0.3 is 5.11 Å². The number of benzene rings is 1. The lowest BCUT2D eigenvalue weighted by atomic mass is 9.90. The molecule has 1 aromatic rings. The standard InChI is InChI=1S/C14H17F2NO/c1-9-2-5-11(15)12(13(9)16)14(18)6-7-17(8-14)10-3-4-10/h2,5,10,18H,3-4,6-8H2,1H3. The van der Waals surface area contributed by atoms with Crippen LogP contribution in [0.3, 0.4) is 0 Å². The summed E-state index contributed by atoms with van der Waals surface area (Å²) < 4.78 is 27.9. The number of aliphatic hydroxyl groups is 1. The summed E-state index contributed by atoms with van der Waals surface area (Å²) >= 11 is 0. The smallest absolute Gasteiger partial charge is 0.135 e. The third-order valence-corrected chi connectivity index (χ3v) is 4.09. The summed E-state index contributed by atoms with van der Waals surface area (Å²) in [5.74, 6) is -1.24. The number of likely N-dealkylation sites (tertiary alicyclic amines) is 1. The highest BCUT2D eigenvalue weighted by atomic mass is 19.1. The van der Waals surface area contributed by atoms with Crippen molar-refractivity contribution in [1.29, 1.82) is 0 Å². The fourth-order valence-corrected chi connectivity index (χ4v) is 2.86. The van der Waals surface area contributed by atoms with E-state index in [9.17, 15) is 13.9 Å². The third-order valence-electron chi connectivity index (χ3n) is 4.09. The van der Waals surface area contributed by atoms with Crippen LogP contribution >= 0.6 is 0 Å². The molecule has 1 saturated carbocycles. The van der Waals surface area contributed by atoms with E-state index in [4.69, 9.17) is 0 Å². The van der Waals surface area contributed by atoms with Gasteiger partial charge in [-0.2, -0.15) is 0 Å². The van der Waals surface area contributed by atoms with Gasteiger partial charge in [-0.1, -0.05) is 6.07 Å². The minimum absolute atomic E-state index is 0.148. The predicted octanol–water partition coefficient (Wildman–Crippen LogP) is 2.33. The summed E-state index contributed by atoms with van der Waals surface area (Å²) in [5, 5.41) is 10.6. The van der Waals surface area contributed by atoms with E-state index in [1.54, 1.807) is 6.92 Å². The van der Waals surface area contributed by atoms with Crippen LogP contribution < -0.4 is 0 Å². The Kier molecular flexibility index (Phi) is 2.68. The average molecular weight is 253 g/mol. The molecule has 1 N–H and O–H groups in total. The molecule has 1 atom stereocenters. The summed E-state index contributed by atoms with van der Waals surface area (Å²) in [4.78, 5) is 2.14. The highest BCUT2D eigenvalue weighted by Crippen LogP contribution is 2.40. The van der Waals surface area contributed by atoms with Crippen molar-refractivity contribution in [3.63, 3.8) is 0 Å². The second-order valence-electron chi connectivity index (χ2n) is 5.54. The monoisotopic (exact) mass is 253 g/mol. The van der Waals surface area contributed by atoms with Crippen molar-refractivity contribution < 1.29 is 13.9 Å². The van der Waals surface area contributed by atoms with Crippen LogP contribution in [0.25, 0.3) is 0 Å². The molecule has 2 nitrogen and oxygen atoms in total. The topological polar surface area (TPSA) is 23.5 Å². The molecule has 0 radical (unpaired) electrons. The van der Waals surface area contributed by atoms with Crippen LogP contribution in [0.5, 0.6) is 0 Å². The van der Waals surface area contributed by atoms with Crippen LogP contribution in [0.2, 0.25) is 0 Å². The maximum atomic E-state index is 14.1. The molecule has 1 saturated heterocycles. The van der Waals surface area contributed by atoms with E-state index < -0.39 is 17.2 Å². The van der Waals surface area contributed by atoms with Gasteiger partial charge in [-0.05, 0) is 37.8 Å². The largest absolute Gasteiger partial charge is 0.384 e. The zero-order valence-corrected chi connectivity index (χ0v) is 10.4. The van der Waals surface area contributed by atoms with E-state index in [1.165, 1.54) is 12.1 Å². The van der Waals surface area contributed by atoms with Gasteiger partial charge in [-0.15, -0.1) is 0 Å². The van der Waals surface area contributed by atoms with E-state index in [0.29, 0.717) is 31.1 Å². The Hall–Kier alpha value is -1.00. The molecule has 18 heavy (non-hydrogen) atoms. The normalized spacial score (nSPS) is 28.9. The minimum Gasteiger partial charge on any atom is -0.384 e. The minimum atomic E-state index is -1.37. The second-order valence-corrected chi connectivity index (χ2v) is 5.54. The van der Waals surface area contributed by atoms with E-state index in [2.05, 4.69) is 4.90 Å². The summed E-state index contributed by atoms with van der Waals surface area (Å²) in [6.07, 6.45) is 2.67. The van der Waals surface area contributed by atoms with Gasteiger partial charge in [0.05, 0.1) is 5.56 Å². The molecule has 1 unspecified atom stereocenters. The maximum Gasteiger partial charge on any atom is 0.135 e. The molecule has 0 spiro atoms. The molecule has 2 aliphatic rings. The van der Waals surface area contributed by atoms with Crippen LogP contribution in [-0.2, 0) is 5.60 Å². The zero-order chi connectivity index (χ0) is 12.9. The first-order valence-electron chi connectivity index (χ1n) is 6.43. The molecule has 1 aliphatic carbocycles. The summed E-state index contributed by atoms with van der Waals surface area (Å²) in [5.41, 5.74) is -1.14. The molecular weight excluding hydrogens is 236 g/mol. The lowest BCUT2D eigenvalue weighted by Crippen LogP contribution is -2.33. The first-order chi connectivity index (χ1) is 8.51. The summed E-state index contributed by atoms with van der Waals surface area (Å²) in [6, 6.07) is 3.16. The molecule has 1 heterocycles. The molecule has 1 aliphatic heterocycles. The molecule has 1 aromatic carbocycles. The molecular formula is C14H17F2NO. The average Bonchev–Trinajstić information content (AvgIpc) is 3.09. The molecule has 0 aromatic heterocycles. The van der Waals surface area contributed by atoms with E-state index >= 15 is 0 Å². The Balaban J connectivity index is 1.96. The number of halogens is 2. The quantitative estimate of drug-likeness (QED) is 0.874. The number of hydrogen-bond acceptors (Lipinski definition) is 2. The van der Waals surface area contributed by atoms with E-state index in [0.717, 1.165) is 12.8 Å². The van der Waals surface area contributed by atoms with Crippen molar-refractivity contribution in [2.24, 2.45) is 0 Å². The van der Waals surface area contributed by atoms with Gasteiger partial charge >= 0.3 is 0 Å². The van der Waals surface area contributed by atoms with Crippen LogP contribution in [0.15, 0.2) is 12.1 Å². The van der Waals surface area contributed by atoms with Crippen molar-refractivity contribution in [3.05, 3.63) is 34.9 Å². The number of β-amino-alcohol motifs (C(OH)–C–C–N with tert-alkyl or cyclic N) is 1. The Morgan fingerprint density at radius 3 is 2.72 bits per heavy atom. The molecule has 4 heteroatoms. The van der Waals surface area contributed by atoms with Crippen molar-refractivity contribution in [2.45, 2.75) is 37.8 Å².